The van der Waals surface area contributed by atoms with Crippen LogP contribution >= 0.6 is 0 Å². The van der Waals surface area contributed by atoms with Gasteiger partial charge in [0.25, 0.3) is 0 Å². The molecule has 0 spiro atoms. The molecular weight excluding hydrogens is 158 g/mol. The van der Waals surface area contributed by atoms with Crippen molar-refractivity contribution in [1.82, 2.24) is 0 Å². The van der Waals surface area contributed by atoms with E-state index in [1.807, 2.05) is 6.92 Å². The minimum atomic E-state index is 0.501. The molecule has 2 atom stereocenters. The standard InChI is InChI=1S/C12H23N/c1-4-7-12(9-11(3)13)8-5-6-10(12)2/h10,13H,4-9H2,1-3H3/t10-,12?/m0/s1. The Bertz CT molecular complexity index is 186. The van der Waals surface area contributed by atoms with Crippen molar-refractivity contribution in [3.8, 4) is 0 Å². The number of hydrogen-bond donors (Lipinski definition) is 1. The molecule has 1 saturated carbocycles. The first-order valence-corrected chi connectivity index (χ1v) is 5.65. The van der Waals surface area contributed by atoms with Crippen LogP contribution < -0.4 is 0 Å². The Morgan fingerprint density at radius 1 is 1.54 bits per heavy atom. The van der Waals surface area contributed by atoms with Crippen molar-refractivity contribution < 1.29 is 0 Å². The second-order valence-electron chi connectivity index (χ2n) is 4.86. The Balaban J connectivity index is 2.67. The van der Waals surface area contributed by atoms with Crippen LogP contribution in [0.2, 0.25) is 0 Å². The molecule has 1 nitrogen and oxygen atoms in total. The molecule has 1 aliphatic carbocycles. The summed E-state index contributed by atoms with van der Waals surface area (Å²) in [7, 11) is 0. The van der Waals surface area contributed by atoms with Gasteiger partial charge in [0.15, 0.2) is 0 Å². The number of nitrogens with one attached hydrogen (secondary N) is 1. The fourth-order valence-electron chi connectivity index (χ4n) is 3.06. The van der Waals surface area contributed by atoms with E-state index < -0.39 is 0 Å². The maximum absolute atomic E-state index is 7.65. The monoisotopic (exact) mass is 181 g/mol. The van der Waals surface area contributed by atoms with Crippen LogP contribution in [0.5, 0.6) is 0 Å². The molecular formula is C12H23N. The summed E-state index contributed by atoms with van der Waals surface area (Å²) >= 11 is 0. The summed E-state index contributed by atoms with van der Waals surface area (Å²) in [6, 6.07) is 0. The van der Waals surface area contributed by atoms with Crippen molar-refractivity contribution in [2.75, 3.05) is 0 Å². The van der Waals surface area contributed by atoms with E-state index in [1.165, 1.54) is 32.1 Å². The molecule has 0 aliphatic heterocycles. The SMILES string of the molecule is CCCC1(CC(C)=N)CCC[C@@H]1C. The van der Waals surface area contributed by atoms with Gasteiger partial charge in [-0.3, -0.25) is 0 Å². The number of rotatable bonds is 4. The Labute approximate surface area is 82.4 Å². The van der Waals surface area contributed by atoms with Crippen LogP contribution in [0.25, 0.3) is 0 Å². The van der Waals surface area contributed by atoms with Crippen molar-refractivity contribution in [3.63, 3.8) is 0 Å². The molecule has 0 saturated heterocycles. The van der Waals surface area contributed by atoms with Crippen LogP contribution in [-0.4, -0.2) is 5.71 Å². The van der Waals surface area contributed by atoms with Gasteiger partial charge in [-0.25, -0.2) is 0 Å². The lowest BCUT2D eigenvalue weighted by Gasteiger charge is -2.33. The van der Waals surface area contributed by atoms with Crippen LogP contribution in [0.3, 0.4) is 0 Å². The van der Waals surface area contributed by atoms with E-state index in [9.17, 15) is 0 Å². The highest BCUT2D eigenvalue weighted by atomic mass is 14.5. The molecule has 0 aromatic heterocycles. The zero-order valence-electron chi connectivity index (χ0n) is 9.32. The maximum Gasteiger partial charge on any atom is 0.00638 e. The Morgan fingerprint density at radius 3 is 2.62 bits per heavy atom. The van der Waals surface area contributed by atoms with Gasteiger partial charge in [0.2, 0.25) is 0 Å². The first-order valence-electron chi connectivity index (χ1n) is 5.65. The topological polar surface area (TPSA) is 23.9 Å². The molecule has 0 heterocycles. The maximum atomic E-state index is 7.65. The molecule has 1 heteroatoms. The molecule has 0 aromatic carbocycles. The lowest BCUT2D eigenvalue weighted by Crippen LogP contribution is -2.26. The van der Waals surface area contributed by atoms with E-state index in [-0.39, 0.29) is 0 Å². The summed E-state index contributed by atoms with van der Waals surface area (Å²) in [6.07, 6.45) is 7.77. The lowest BCUT2D eigenvalue weighted by atomic mass is 9.72. The summed E-state index contributed by atoms with van der Waals surface area (Å²) in [6.45, 7) is 6.61. The predicted octanol–water partition coefficient (Wildman–Crippen LogP) is 4.02. The third-order valence-corrected chi connectivity index (χ3v) is 3.72. The lowest BCUT2D eigenvalue weighted by molar-refractivity contribution is 0.203. The summed E-state index contributed by atoms with van der Waals surface area (Å²) < 4.78 is 0. The molecule has 0 amide bonds. The van der Waals surface area contributed by atoms with Crippen LogP contribution in [0.15, 0.2) is 0 Å². The summed E-state index contributed by atoms with van der Waals surface area (Å²) in [5, 5.41) is 7.65. The molecule has 1 N–H and O–H groups in total. The second kappa shape index (κ2) is 4.26. The van der Waals surface area contributed by atoms with Gasteiger partial charge in [-0.05, 0) is 37.5 Å². The van der Waals surface area contributed by atoms with Crippen molar-refractivity contribution in [3.05, 3.63) is 0 Å². The van der Waals surface area contributed by atoms with Gasteiger partial charge in [0.1, 0.15) is 0 Å². The van der Waals surface area contributed by atoms with Gasteiger partial charge in [-0.1, -0.05) is 33.1 Å². The first kappa shape index (κ1) is 10.7. The van der Waals surface area contributed by atoms with Crippen LogP contribution in [0.4, 0.5) is 0 Å². The minimum Gasteiger partial charge on any atom is -0.310 e. The van der Waals surface area contributed by atoms with E-state index in [2.05, 4.69) is 13.8 Å². The van der Waals surface area contributed by atoms with Gasteiger partial charge >= 0.3 is 0 Å². The molecule has 0 aromatic rings. The van der Waals surface area contributed by atoms with Crippen molar-refractivity contribution in [2.45, 2.75) is 59.3 Å². The molecule has 76 valence electrons. The van der Waals surface area contributed by atoms with Gasteiger partial charge in [-0.15, -0.1) is 0 Å². The largest absolute Gasteiger partial charge is 0.310 e. The Kier molecular flexibility index (Phi) is 3.52. The average Bonchev–Trinajstić information content (AvgIpc) is 2.32. The van der Waals surface area contributed by atoms with E-state index in [4.69, 9.17) is 5.41 Å². The quantitative estimate of drug-likeness (QED) is 0.633. The highest BCUT2D eigenvalue weighted by Crippen LogP contribution is 2.49. The van der Waals surface area contributed by atoms with Gasteiger partial charge < -0.3 is 5.41 Å². The van der Waals surface area contributed by atoms with Gasteiger partial charge in [0, 0.05) is 5.71 Å². The van der Waals surface area contributed by atoms with Crippen molar-refractivity contribution >= 4 is 5.71 Å². The summed E-state index contributed by atoms with van der Waals surface area (Å²) in [5.74, 6) is 0.841. The molecule has 13 heavy (non-hydrogen) atoms. The molecule has 1 unspecified atom stereocenters. The van der Waals surface area contributed by atoms with Crippen LogP contribution in [-0.2, 0) is 0 Å². The van der Waals surface area contributed by atoms with E-state index in [1.54, 1.807) is 0 Å². The fraction of sp³-hybridized carbons (Fsp3) is 0.917. The summed E-state index contributed by atoms with van der Waals surface area (Å²) in [4.78, 5) is 0. The normalized spacial score (nSPS) is 33.6. The zero-order valence-corrected chi connectivity index (χ0v) is 9.32. The Morgan fingerprint density at radius 2 is 2.23 bits per heavy atom. The third-order valence-electron chi connectivity index (χ3n) is 3.72. The van der Waals surface area contributed by atoms with E-state index >= 15 is 0 Å². The summed E-state index contributed by atoms with van der Waals surface area (Å²) in [5.41, 5.74) is 1.38. The van der Waals surface area contributed by atoms with Crippen molar-refractivity contribution in [1.29, 1.82) is 5.41 Å². The van der Waals surface area contributed by atoms with E-state index in [0.717, 1.165) is 18.1 Å². The first-order chi connectivity index (χ1) is 6.10. The fourth-order valence-corrected chi connectivity index (χ4v) is 3.06. The van der Waals surface area contributed by atoms with Crippen LogP contribution in [0.1, 0.15) is 59.3 Å². The second-order valence-corrected chi connectivity index (χ2v) is 4.86. The minimum absolute atomic E-state index is 0.501. The van der Waals surface area contributed by atoms with Crippen molar-refractivity contribution in [2.24, 2.45) is 11.3 Å². The molecule has 0 radical (unpaired) electrons. The van der Waals surface area contributed by atoms with Gasteiger partial charge in [-0.2, -0.15) is 0 Å². The number of hydrogen-bond acceptors (Lipinski definition) is 1. The highest BCUT2D eigenvalue weighted by Gasteiger charge is 2.39. The highest BCUT2D eigenvalue weighted by molar-refractivity contribution is 5.79. The predicted molar refractivity (Wildman–Crippen MR) is 58.4 cm³/mol. The molecule has 1 rings (SSSR count). The third kappa shape index (κ3) is 2.32. The van der Waals surface area contributed by atoms with Crippen LogP contribution in [0, 0.1) is 16.7 Å². The van der Waals surface area contributed by atoms with E-state index in [0.29, 0.717) is 5.41 Å². The Hall–Kier alpha value is -0.330. The molecule has 1 aliphatic rings. The van der Waals surface area contributed by atoms with Gasteiger partial charge in [0.05, 0.1) is 0 Å². The molecule has 0 bridgehead atoms. The molecule has 1 fully saturated rings. The average molecular weight is 181 g/mol. The smallest absolute Gasteiger partial charge is 0.00638 e. The zero-order chi connectivity index (χ0) is 9.90.